The molecule has 1 saturated heterocycles. The monoisotopic (exact) mass is 387 g/mol. The molecular formula is C20H25N3O3S. The minimum atomic E-state index is -0.922. The fourth-order valence-electron chi connectivity index (χ4n) is 3.46. The summed E-state index contributed by atoms with van der Waals surface area (Å²) in [7, 11) is 0. The molecule has 0 saturated carbocycles. The van der Waals surface area contributed by atoms with Crippen molar-refractivity contribution >= 4 is 29.1 Å². The minimum absolute atomic E-state index is 0.214. The van der Waals surface area contributed by atoms with E-state index in [1.807, 2.05) is 32.9 Å². The lowest BCUT2D eigenvalue weighted by atomic mass is 9.99. The van der Waals surface area contributed by atoms with Crippen molar-refractivity contribution in [2.45, 2.75) is 52.6 Å². The summed E-state index contributed by atoms with van der Waals surface area (Å²) < 4.78 is 2.12. The normalized spacial score (nSPS) is 19.6. The second-order valence-corrected chi connectivity index (χ2v) is 8.23. The van der Waals surface area contributed by atoms with Gasteiger partial charge in [-0.25, -0.2) is 4.79 Å². The van der Waals surface area contributed by atoms with Crippen molar-refractivity contribution in [1.82, 2.24) is 14.8 Å². The van der Waals surface area contributed by atoms with Crippen LogP contribution in [0.25, 0.3) is 0 Å². The maximum atomic E-state index is 12.8. The lowest BCUT2D eigenvalue weighted by molar-refractivity contribution is -0.130. The molecule has 1 N–H and O–H groups in total. The topological polar surface area (TPSA) is 71.4 Å². The number of ketones is 1. The Kier molecular flexibility index (Phi) is 5.24. The van der Waals surface area contributed by atoms with Crippen molar-refractivity contribution in [2.24, 2.45) is 0 Å². The number of nitrogens with one attached hydrogen (secondary N) is 1. The Bertz CT molecular complexity index is 885. The Morgan fingerprint density at radius 2 is 2.04 bits per heavy atom. The van der Waals surface area contributed by atoms with E-state index in [1.165, 1.54) is 4.88 Å². The van der Waals surface area contributed by atoms with Crippen LogP contribution < -0.4 is 5.32 Å². The Hall–Kier alpha value is -2.41. The second-order valence-electron chi connectivity index (χ2n) is 7.20. The van der Waals surface area contributed by atoms with Crippen molar-refractivity contribution in [3.05, 3.63) is 45.4 Å². The van der Waals surface area contributed by atoms with Gasteiger partial charge in [0, 0.05) is 28.4 Å². The summed E-state index contributed by atoms with van der Waals surface area (Å²) in [5, 5.41) is 4.74. The Labute approximate surface area is 163 Å². The van der Waals surface area contributed by atoms with Gasteiger partial charge in [0.05, 0.1) is 6.54 Å². The molecule has 7 heteroatoms. The average molecular weight is 388 g/mol. The van der Waals surface area contributed by atoms with Crippen LogP contribution in [-0.4, -0.2) is 39.3 Å². The molecule has 2 aromatic heterocycles. The third kappa shape index (κ3) is 3.56. The van der Waals surface area contributed by atoms with Gasteiger partial charge in [0.25, 0.3) is 5.91 Å². The molecule has 0 aliphatic carbocycles. The van der Waals surface area contributed by atoms with E-state index in [4.69, 9.17) is 0 Å². The first-order valence-corrected chi connectivity index (χ1v) is 10.0. The van der Waals surface area contributed by atoms with Crippen LogP contribution in [0.5, 0.6) is 0 Å². The van der Waals surface area contributed by atoms with Gasteiger partial charge in [0.15, 0.2) is 5.78 Å². The highest BCUT2D eigenvalue weighted by molar-refractivity contribution is 7.09. The van der Waals surface area contributed by atoms with Crippen LogP contribution in [0.4, 0.5) is 4.79 Å². The smallest absolute Gasteiger partial charge is 0.325 e. The standard InChI is InChI=1S/C20H25N3O3S/c1-5-20(4)18(25)23(19(26)21-20)12-17(24)16-11-13(2)22(14(16)3)9-8-15-7-6-10-27-15/h6-7,10-11H,5,8-9,12H2,1-4H3,(H,21,26)/t20-/m1/s1. The number of nitrogens with zero attached hydrogens (tertiary/aromatic N) is 2. The lowest BCUT2D eigenvalue weighted by Gasteiger charge is -2.19. The molecule has 144 valence electrons. The molecule has 1 fully saturated rings. The predicted molar refractivity (Wildman–Crippen MR) is 105 cm³/mol. The summed E-state index contributed by atoms with van der Waals surface area (Å²) in [6.07, 6.45) is 1.39. The molecule has 1 atom stereocenters. The van der Waals surface area contributed by atoms with Gasteiger partial charge in [-0.3, -0.25) is 14.5 Å². The fraction of sp³-hybridized carbons (Fsp3) is 0.450. The Morgan fingerprint density at radius 3 is 2.63 bits per heavy atom. The average Bonchev–Trinajstić information content (AvgIpc) is 3.29. The highest BCUT2D eigenvalue weighted by atomic mass is 32.1. The zero-order chi connectivity index (χ0) is 19.8. The Morgan fingerprint density at radius 1 is 1.30 bits per heavy atom. The lowest BCUT2D eigenvalue weighted by Crippen LogP contribution is -2.43. The summed E-state index contributed by atoms with van der Waals surface area (Å²) in [6.45, 7) is 7.98. The molecule has 3 rings (SSSR count). The van der Waals surface area contributed by atoms with Crippen LogP contribution in [0.3, 0.4) is 0 Å². The van der Waals surface area contributed by atoms with Crippen LogP contribution in [-0.2, 0) is 17.8 Å². The maximum Gasteiger partial charge on any atom is 0.325 e. The van der Waals surface area contributed by atoms with Gasteiger partial charge in [-0.1, -0.05) is 13.0 Å². The highest BCUT2D eigenvalue weighted by Crippen LogP contribution is 2.23. The van der Waals surface area contributed by atoms with Gasteiger partial charge in [0.1, 0.15) is 5.54 Å². The van der Waals surface area contributed by atoms with Crippen LogP contribution in [0.15, 0.2) is 23.6 Å². The molecule has 3 amide bonds. The van der Waals surface area contributed by atoms with Crippen molar-refractivity contribution in [3.8, 4) is 0 Å². The molecule has 0 unspecified atom stereocenters. The number of aryl methyl sites for hydroxylation is 2. The molecule has 2 aromatic rings. The summed E-state index contributed by atoms with van der Waals surface area (Å²) in [4.78, 5) is 39.8. The molecule has 0 radical (unpaired) electrons. The van der Waals surface area contributed by atoms with Gasteiger partial charge in [-0.15, -0.1) is 11.3 Å². The molecule has 1 aliphatic heterocycles. The number of hydrogen-bond donors (Lipinski definition) is 1. The molecule has 6 nitrogen and oxygen atoms in total. The Balaban J connectivity index is 1.75. The SMILES string of the molecule is CC[C@@]1(C)NC(=O)N(CC(=O)c2cc(C)n(CCc3cccs3)c2C)C1=O. The largest absolute Gasteiger partial charge is 0.348 e. The molecular weight excluding hydrogens is 362 g/mol. The first kappa shape index (κ1) is 19.4. The summed E-state index contributed by atoms with van der Waals surface area (Å²) in [5.41, 5.74) is 1.53. The fourth-order valence-corrected chi connectivity index (χ4v) is 4.16. The summed E-state index contributed by atoms with van der Waals surface area (Å²) in [6, 6.07) is 5.49. The maximum absolute atomic E-state index is 12.8. The number of imide groups is 1. The van der Waals surface area contributed by atoms with E-state index in [0.29, 0.717) is 12.0 Å². The highest BCUT2D eigenvalue weighted by Gasteiger charge is 2.47. The predicted octanol–water partition coefficient (Wildman–Crippen LogP) is 3.31. The molecule has 0 bridgehead atoms. The van der Waals surface area contributed by atoms with E-state index >= 15 is 0 Å². The number of rotatable bonds is 7. The van der Waals surface area contributed by atoms with Crippen LogP contribution >= 0.6 is 11.3 Å². The van der Waals surface area contributed by atoms with Crippen LogP contribution in [0.1, 0.15) is 46.9 Å². The summed E-state index contributed by atoms with van der Waals surface area (Å²) in [5.74, 6) is -0.552. The number of aromatic nitrogens is 1. The van der Waals surface area contributed by atoms with Crippen LogP contribution in [0.2, 0.25) is 0 Å². The summed E-state index contributed by atoms with van der Waals surface area (Å²) >= 11 is 1.72. The van der Waals surface area contributed by atoms with E-state index in [0.717, 1.165) is 29.3 Å². The van der Waals surface area contributed by atoms with Crippen molar-refractivity contribution in [3.63, 3.8) is 0 Å². The number of amides is 3. The molecule has 0 spiro atoms. The van der Waals surface area contributed by atoms with Crippen molar-refractivity contribution in [1.29, 1.82) is 0 Å². The zero-order valence-corrected chi connectivity index (χ0v) is 17.0. The zero-order valence-electron chi connectivity index (χ0n) is 16.2. The second kappa shape index (κ2) is 7.31. The van der Waals surface area contributed by atoms with Gasteiger partial charge in [0.2, 0.25) is 0 Å². The minimum Gasteiger partial charge on any atom is -0.348 e. The van der Waals surface area contributed by atoms with Gasteiger partial charge in [-0.05, 0) is 51.1 Å². The third-order valence-corrected chi connectivity index (χ3v) is 6.33. The number of urea groups is 1. The number of hydrogen-bond acceptors (Lipinski definition) is 4. The van der Waals surface area contributed by atoms with E-state index < -0.39 is 11.6 Å². The van der Waals surface area contributed by atoms with Crippen molar-refractivity contribution < 1.29 is 14.4 Å². The van der Waals surface area contributed by atoms with Crippen molar-refractivity contribution in [2.75, 3.05) is 6.54 Å². The number of carbonyl (C=O) groups is 3. The molecule has 0 aromatic carbocycles. The molecule has 27 heavy (non-hydrogen) atoms. The quantitative estimate of drug-likeness (QED) is 0.585. The first-order valence-electron chi connectivity index (χ1n) is 9.13. The molecule has 1 aliphatic rings. The number of carbonyl (C=O) groups excluding carboxylic acids is 3. The van der Waals surface area contributed by atoms with Crippen LogP contribution in [0, 0.1) is 13.8 Å². The van der Waals surface area contributed by atoms with E-state index in [2.05, 4.69) is 21.3 Å². The van der Waals surface area contributed by atoms with Gasteiger partial charge < -0.3 is 9.88 Å². The van der Waals surface area contributed by atoms with Gasteiger partial charge >= 0.3 is 6.03 Å². The third-order valence-electron chi connectivity index (χ3n) is 5.39. The van der Waals surface area contributed by atoms with Gasteiger partial charge in [-0.2, -0.15) is 0 Å². The first-order chi connectivity index (χ1) is 12.8. The molecule has 3 heterocycles. The van der Waals surface area contributed by atoms with E-state index in [9.17, 15) is 14.4 Å². The number of thiophene rings is 1. The number of Topliss-reactive ketones (excluding diaryl/α,β-unsaturated/α-hetero) is 1. The van der Waals surface area contributed by atoms with E-state index in [1.54, 1.807) is 18.3 Å². The van der Waals surface area contributed by atoms with E-state index in [-0.39, 0.29) is 18.2 Å².